The van der Waals surface area contributed by atoms with Gasteiger partial charge < -0.3 is 15.0 Å². The van der Waals surface area contributed by atoms with Gasteiger partial charge in [-0.15, -0.1) is 0 Å². The van der Waals surface area contributed by atoms with Crippen LogP contribution in [0.1, 0.15) is 134 Å². The van der Waals surface area contributed by atoms with Crippen LogP contribution in [0.2, 0.25) is 0 Å². The van der Waals surface area contributed by atoms with Crippen LogP contribution in [0.15, 0.2) is 97.2 Å². The molecule has 1 saturated heterocycles. The second-order valence-corrected chi connectivity index (χ2v) is 17.0. The van der Waals surface area contributed by atoms with Crippen LogP contribution < -0.4 is 10.2 Å². The number of rotatable bonds is 10. The van der Waals surface area contributed by atoms with Crippen molar-refractivity contribution in [2.45, 2.75) is 90.9 Å². The minimum absolute atomic E-state index is 0.0896. The van der Waals surface area contributed by atoms with E-state index >= 15 is 4.39 Å². The Morgan fingerprint density at radius 1 is 0.917 bits per heavy atom. The Bertz CT molecular complexity index is 2440. The van der Waals surface area contributed by atoms with Crippen molar-refractivity contribution in [3.8, 4) is 0 Å². The molecule has 0 bridgehead atoms. The maximum Gasteiger partial charge on any atom is 0.258 e. The van der Waals surface area contributed by atoms with E-state index in [9.17, 15) is 14.4 Å². The molecule has 7 nitrogen and oxygen atoms in total. The number of ketones is 1. The van der Waals surface area contributed by atoms with Crippen molar-refractivity contribution in [2.75, 3.05) is 30.0 Å². The first-order valence-electron chi connectivity index (χ1n) is 21.6. The third-order valence-corrected chi connectivity index (χ3v) is 13.1. The lowest BCUT2D eigenvalue weighted by Crippen LogP contribution is -2.34. The summed E-state index contributed by atoms with van der Waals surface area (Å²) >= 11 is 0. The molecule has 308 valence electrons. The number of nitrogens with zero attached hydrogens (tertiary/aromatic N) is 2. The molecular weight excluding hydrogens is 750 g/mol. The third-order valence-electron chi connectivity index (χ3n) is 13.1. The molecule has 5 aromatic rings. The van der Waals surface area contributed by atoms with Gasteiger partial charge in [0.1, 0.15) is 5.82 Å². The highest BCUT2D eigenvalue weighted by Gasteiger charge is 2.39. The van der Waals surface area contributed by atoms with E-state index in [0.29, 0.717) is 53.7 Å². The molecule has 2 amide bonds. The number of fused-ring (bicyclic) bond motifs is 1. The van der Waals surface area contributed by atoms with E-state index in [4.69, 9.17) is 9.72 Å². The standard InChI is InChI=1S/C52H54FN3O4/c1-4-36-11-7-9-35(3)43(36)20-21-48(57)40-16-19-44(46(53)31-40)38-22-26-56(47-13-6-5-10-39(47)30-38)51(59)37-14-17-42(18-15-37)55-50(58)45-29-34(2)33-54-49(45)41-12-8-23-52(32-41)24-27-60-28-25-52/h5-7,9-11,13-19,29-31,33,41H,4,8,12,20-28,32H2,1-3H3,(H,55,58). The Morgan fingerprint density at radius 3 is 2.48 bits per heavy atom. The Morgan fingerprint density at radius 2 is 1.70 bits per heavy atom. The molecular formula is C52H54FN3O4. The lowest BCUT2D eigenvalue weighted by Gasteiger charge is -2.43. The van der Waals surface area contributed by atoms with Gasteiger partial charge in [0.2, 0.25) is 0 Å². The number of hydrogen-bond acceptors (Lipinski definition) is 5. The number of carbonyl (C=O) groups excluding carboxylic acids is 3. The first kappa shape index (κ1) is 41.0. The van der Waals surface area contributed by atoms with Crippen LogP contribution in [0.5, 0.6) is 0 Å². The van der Waals surface area contributed by atoms with Gasteiger partial charge in [-0.05, 0) is 153 Å². The van der Waals surface area contributed by atoms with Crippen LogP contribution in [0, 0.1) is 25.1 Å². The number of anilines is 2. The Labute approximate surface area is 353 Å². The number of hydrogen-bond donors (Lipinski definition) is 1. The molecule has 60 heavy (non-hydrogen) atoms. The summed E-state index contributed by atoms with van der Waals surface area (Å²) in [5, 5.41) is 3.08. The molecule has 1 aromatic heterocycles. The van der Waals surface area contributed by atoms with Crippen LogP contribution in [-0.4, -0.2) is 42.3 Å². The fraction of sp³-hybridized carbons (Fsp3) is 0.346. The van der Waals surface area contributed by atoms with E-state index in [2.05, 4.69) is 31.3 Å². The maximum absolute atomic E-state index is 15.9. The topological polar surface area (TPSA) is 88.6 Å². The first-order chi connectivity index (χ1) is 29.1. The summed E-state index contributed by atoms with van der Waals surface area (Å²) in [6.07, 6.45) is 12.5. The average Bonchev–Trinajstić information content (AvgIpc) is 3.46. The van der Waals surface area contributed by atoms with Gasteiger partial charge in [0.15, 0.2) is 5.78 Å². The SMILES string of the molecule is CCc1cccc(C)c1CCC(=O)c1ccc(C2=Cc3ccccc3N(C(=O)c3ccc(NC(=O)c4cc(C)cnc4C4CCCC5(CCOCC5)C4)cc3)CC2)c(F)c1. The van der Waals surface area contributed by atoms with Gasteiger partial charge in [0.05, 0.1) is 16.9 Å². The molecule has 3 heterocycles. The fourth-order valence-electron chi connectivity index (χ4n) is 9.75. The summed E-state index contributed by atoms with van der Waals surface area (Å²) < 4.78 is 21.6. The predicted molar refractivity (Wildman–Crippen MR) is 237 cm³/mol. The molecule has 1 unspecified atom stereocenters. The first-order valence-corrected chi connectivity index (χ1v) is 21.6. The van der Waals surface area contributed by atoms with E-state index in [-0.39, 0.29) is 28.9 Å². The monoisotopic (exact) mass is 803 g/mol. The normalized spacial score (nSPS) is 17.4. The Kier molecular flexibility index (Phi) is 12.2. The van der Waals surface area contributed by atoms with Gasteiger partial charge in [0.25, 0.3) is 11.8 Å². The Hall–Kier alpha value is -5.73. The van der Waals surface area contributed by atoms with Crippen molar-refractivity contribution >= 4 is 40.6 Å². The number of benzene rings is 4. The number of Topliss-reactive ketones (excluding diaryl/α,β-unsaturated/α-hetero) is 1. The lowest BCUT2D eigenvalue weighted by molar-refractivity contribution is -0.00960. The quantitative estimate of drug-likeness (QED) is 0.142. The van der Waals surface area contributed by atoms with Gasteiger partial charge >= 0.3 is 0 Å². The minimum Gasteiger partial charge on any atom is -0.381 e. The number of carbonyl (C=O) groups is 3. The summed E-state index contributed by atoms with van der Waals surface area (Å²) in [6.45, 7) is 8.07. The number of halogens is 1. The van der Waals surface area contributed by atoms with E-state index in [0.717, 1.165) is 79.8 Å². The molecule has 2 aliphatic heterocycles. The van der Waals surface area contributed by atoms with Crippen molar-refractivity contribution in [1.29, 1.82) is 0 Å². The van der Waals surface area contributed by atoms with Crippen LogP contribution in [0.4, 0.5) is 15.8 Å². The molecule has 1 spiro atoms. The number of ether oxygens (including phenoxy) is 1. The van der Waals surface area contributed by atoms with Gasteiger partial charge in [-0.3, -0.25) is 19.4 Å². The molecule has 2 fully saturated rings. The number of aryl methyl sites for hydroxylation is 3. The number of para-hydroxylation sites is 1. The Balaban J connectivity index is 0.945. The molecule has 0 radical (unpaired) electrons. The predicted octanol–water partition coefficient (Wildman–Crippen LogP) is 11.5. The van der Waals surface area contributed by atoms with Crippen LogP contribution >= 0.6 is 0 Å². The molecule has 3 aliphatic rings. The maximum atomic E-state index is 15.9. The highest BCUT2D eigenvalue weighted by molar-refractivity contribution is 6.09. The minimum atomic E-state index is -0.456. The molecule has 1 aliphatic carbocycles. The van der Waals surface area contributed by atoms with E-state index in [1.54, 1.807) is 41.3 Å². The van der Waals surface area contributed by atoms with E-state index in [1.165, 1.54) is 29.2 Å². The third kappa shape index (κ3) is 8.76. The van der Waals surface area contributed by atoms with Crippen LogP contribution in [0.25, 0.3) is 11.6 Å². The summed E-state index contributed by atoms with van der Waals surface area (Å²) in [6, 6.07) is 27.6. The molecule has 1 atom stereocenters. The van der Waals surface area contributed by atoms with Crippen molar-refractivity contribution in [2.24, 2.45) is 5.41 Å². The lowest BCUT2D eigenvalue weighted by atomic mass is 9.64. The second-order valence-electron chi connectivity index (χ2n) is 17.0. The number of nitrogens with one attached hydrogen (secondary N) is 1. The second kappa shape index (κ2) is 17.9. The van der Waals surface area contributed by atoms with Crippen molar-refractivity contribution in [1.82, 2.24) is 4.98 Å². The summed E-state index contributed by atoms with van der Waals surface area (Å²) in [7, 11) is 0. The highest BCUT2D eigenvalue weighted by Crippen LogP contribution is 2.49. The van der Waals surface area contributed by atoms with E-state index < -0.39 is 5.82 Å². The average molecular weight is 804 g/mol. The van der Waals surface area contributed by atoms with Gasteiger partial charge in [0, 0.05) is 60.7 Å². The number of aromatic nitrogens is 1. The summed E-state index contributed by atoms with van der Waals surface area (Å²) in [5.74, 6) is -0.722. The molecule has 4 aromatic carbocycles. The van der Waals surface area contributed by atoms with Gasteiger partial charge in [-0.2, -0.15) is 0 Å². The molecule has 8 rings (SSSR count). The van der Waals surface area contributed by atoms with Crippen molar-refractivity contribution < 1.29 is 23.5 Å². The van der Waals surface area contributed by atoms with Gasteiger partial charge in [-0.25, -0.2) is 4.39 Å². The summed E-state index contributed by atoms with van der Waals surface area (Å²) in [5.41, 5.74) is 10.4. The van der Waals surface area contributed by atoms with E-state index in [1.807, 2.05) is 55.6 Å². The zero-order chi connectivity index (χ0) is 41.8. The van der Waals surface area contributed by atoms with Crippen molar-refractivity contribution in [3.05, 3.63) is 159 Å². The zero-order valence-corrected chi connectivity index (χ0v) is 35.0. The van der Waals surface area contributed by atoms with Crippen LogP contribution in [-0.2, 0) is 17.6 Å². The highest BCUT2D eigenvalue weighted by atomic mass is 19.1. The largest absolute Gasteiger partial charge is 0.381 e. The number of amides is 2. The molecule has 1 N–H and O–H groups in total. The smallest absolute Gasteiger partial charge is 0.258 e. The molecule has 8 heteroatoms. The zero-order valence-electron chi connectivity index (χ0n) is 35.0. The van der Waals surface area contributed by atoms with Crippen LogP contribution in [0.3, 0.4) is 0 Å². The van der Waals surface area contributed by atoms with Crippen molar-refractivity contribution in [3.63, 3.8) is 0 Å². The fourth-order valence-corrected chi connectivity index (χ4v) is 9.75. The summed E-state index contributed by atoms with van der Waals surface area (Å²) in [4.78, 5) is 47.9. The molecule has 1 saturated carbocycles. The van der Waals surface area contributed by atoms with Gasteiger partial charge in [-0.1, -0.05) is 61.9 Å². The number of pyridine rings is 1.